The van der Waals surface area contributed by atoms with Crippen molar-refractivity contribution in [2.75, 3.05) is 18.4 Å². The highest BCUT2D eigenvalue weighted by molar-refractivity contribution is 9.10. The molecule has 1 aromatic carbocycles. The fourth-order valence-electron chi connectivity index (χ4n) is 4.02. The van der Waals surface area contributed by atoms with Crippen LogP contribution in [0.2, 0.25) is 0 Å². The molecule has 5 nitrogen and oxygen atoms in total. The number of anilines is 1. The zero-order valence-electron chi connectivity index (χ0n) is 16.0. The minimum Gasteiger partial charge on any atom is -0.342 e. The van der Waals surface area contributed by atoms with Gasteiger partial charge in [0, 0.05) is 29.7 Å². The molecular formula is C22H24BrN3O2. The quantitative estimate of drug-likeness (QED) is 0.777. The van der Waals surface area contributed by atoms with Crippen molar-refractivity contribution in [1.82, 2.24) is 9.88 Å². The van der Waals surface area contributed by atoms with Crippen LogP contribution in [-0.4, -0.2) is 34.8 Å². The van der Waals surface area contributed by atoms with Crippen LogP contribution in [0.15, 0.2) is 47.1 Å². The summed E-state index contributed by atoms with van der Waals surface area (Å²) in [6.45, 7) is 3.34. The Hall–Kier alpha value is -2.21. The van der Waals surface area contributed by atoms with Crippen molar-refractivity contribution in [3.63, 3.8) is 0 Å². The number of likely N-dealkylation sites (tertiary alicyclic amines) is 1. The number of rotatable bonds is 4. The molecule has 2 amide bonds. The Kier molecular flexibility index (Phi) is 5.23. The number of nitrogens with zero attached hydrogens (tertiary/aromatic N) is 2. The van der Waals surface area contributed by atoms with E-state index in [0.29, 0.717) is 31.7 Å². The second-order valence-electron chi connectivity index (χ2n) is 7.87. The van der Waals surface area contributed by atoms with Gasteiger partial charge in [0.2, 0.25) is 11.8 Å². The number of pyridine rings is 1. The van der Waals surface area contributed by atoms with E-state index in [2.05, 4.69) is 51.4 Å². The van der Waals surface area contributed by atoms with E-state index in [1.165, 1.54) is 5.56 Å². The first-order valence-electron chi connectivity index (χ1n) is 9.77. The number of piperidine rings is 1. The highest BCUT2D eigenvalue weighted by Crippen LogP contribution is 2.50. The molecule has 4 rings (SSSR count). The van der Waals surface area contributed by atoms with E-state index >= 15 is 0 Å². The van der Waals surface area contributed by atoms with Crippen LogP contribution >= 0.6 is 15.9 Å². The Bertz CT molecular complexity index is 885. The van der Waals surface area contributed by atoms with Gasteiger partial charge in [-0.3, -0.25) is 9.59 Å². The topological polar surface area (TPSA) is 62.3 Å². The van der Waals surface area contributed by atoms with Crippen molar-refractivity contribution >= 4 is 33.6 Å². The van der Waals surface area contributed by atoms with Gasteiger partial charge in [-0.2, -0.15) is 0 Å². The summed E-state index contributed by atoms with van der Waals surface area (Å²) in [7, 11) is 0. The van der Waals surface area contributed by atoms with Crippen molar-refractivity contribution in [1.29, 1.82) is 0 Å². The predicted octanol–water partition coefficient (Wildman–Crippen LogP) is 4.06. The lowest BCUT2D eigenvalue weighted by Crippen LogP contribution is -2.45. The summed E-state index contributed by atoms with van der Waals surface area (Å²) in [5.41, 5.74) is 2.00. The van der Waals surface area contributed by atoms with Gasteiger partial charge >= 0.3 is 0 Å². The molecule has 2 heterocycles. The minimum absolute atomic E-state index is 0.0123. The first kappa shape index (κ1) is 19.1. The van der Waals surface area contributed by atoms with Gasteiger partial charge in [0.1, 0.15) is 5.82 Å². The highest BCUT2D eigenvalue weighted by Gasteiger charge is 2.53. The predicted molar refractivity (Wildman–Crippen MR) is 112 cm³/mol. The maximum atomic E-state index is 13.2. The number of benzene rings is 1. The monoisotopic (exact) mass is 441 g/mol. The molecule has 1 saturated carbocycles. The zero-order valence-corrected chi connectivity index (χ0v) is 17.5. The molecule has 2 aliphatic rings. The fourth-order valence-corrected chi connectivity index (χ4v) is 4.25. The second-order valence-corrected chi connectivity index (χ2v) is 8.78. The largest absolute Gasteiger partial charge is 0.342 e. The molecule has 0 unspecified atom stereocenters. The number of carbonyl (C=O) groups excluding carboxylic acids is 2. The number of carbonyl (C=O) groups is 2. The van der Waals surface area contributed by atoms with E-state index in [1.54, 1.807) is 12.3 Å². The van der Waals surface area contributed by atoms with Gasteiger partial charge in [0.25, 0.3) is 0 Å². The number of nitrogens with one attached hydrogen (secondary N) is 1. The number of aromatic nitrogens is 1. The van der Waals surface area contributed by atoms with Crippen LogP contribution in [0, 0.1) is 12.8 Å². The first-order chi connectivity index (χ1) is 13.5. The summed E-state index contributed by atoms with van der Waals surface area (Å²) in [6.07, 6.45) is 4.89. The number of hydrogen-bond donors (Lipinski definition) is 1. The molecule has 0 radical (unpaired) electrons. The average Bonchev–Trinajstić information content (AvgIpc) is 3.51. The van der Waals surface area contributed by atoms with E-state index in [0.717, 1.165) is 22.9 Å². The average molecular weight is 442 g/mol. The van der Waals surface area contributed by atoms with Crippen LogP contribution in [0.1, 0.15) is 36.8 Å². The first-order valence-corrected chi connectivity index (χ1v) is 10.6. The number of aryl methyl sites for hydroxylation is 1. The summed E-state index contributed by atoms with van der Waals surface area (Å²) in [5.74, 6) is 0.694. The molecular weight excluding hydrogens is 418 g/mol. The molecule has 28 heavy (non-hydrogen) atoms. The molecule has 1 aliphatic heterocycles. The third-order valence-corrected chi connectivity index (χ3v) is 6.33. The lowest BCUT2D eigenvalue weighted by molar-refractivity contribution is -0.137. The smallest absolute Gasteiger partial charge is 0.233 e. The maximum Gasteiger partial charge on any atom is 0.233 e. The highest BCUT2D eigenvalue weighted by atomic mass is 79.9. The molecule has 146 valence electrons. The molecule has 2 fully saturated rings. The van der Waals surface area contributed by atoms with Gasteiger partial charge in [-0.15, -0.1) is 0 Å². The maximum absolute atomic E-state index is 13.2. The van der Waals surface area contributed by atoms with Crippen LogP contribution in [-0.2, 0) is 15.0 Å². The van der Waals surface area contributed by atoms with Gasteiger partial charge in [0.15, 0.2) is 0 Å². The number of halogens is 1. The fraction of sp³-hybridized carbons (Fsp3) is 0.409. The third-order valence-electron chi connectivity index (χ3n) is 5.86. The molecule has 0 atom stereocenters. The van der Waals surface area contributed by atoms with Crippen LogP contribution in [0.3, 0.4) is 0 Å². The molecule has 0 bridgehead atoms. The molecule has 1 saturated heterocycles. The Morgan fingerprint density at radius 2 is 1.93 bits per heavy atom. The van der Waals surface area contributed by atoms with E-state index in [9.17, 15) is 9.59 Å². The molecule has 1 aromatic heterocycles. The van der Waals surface area contributed by atoms with Crippen molar-refractivity contribution in [2.24, 2.45) is 5.92 Å². The Balaban J connectivity index is 1.35. The molecule has 2 aromatic rings. The van der Waals surface area contributed by atoms with Crippen LogP contribution in [0.5, 0.6) is 0 Å². The van der Waals surface area contributed by atoms with Crippen molar-refractivity contribution in [3.8, 4) is 0 Å². The molecule has 0 spiro atoms. The normalized spacial score (nSPS) is 18.6. The summed E-state index contributed by atoms with van der Waals surface area (Å²) in [4.78, 5) is 31.9. The summed E-state index contributed by atoms with van der Waals surface area (Å²) in [6, 6.07) is 11.9. The van der Waals surface area contributed by atoms with Crippen LogP contribution in [0.25, 0.3) is 0 Å². The summed E-state index contributed by atoms with van der Waals surface area (Å²) >= 11 is 3.34. The van der Waals surface area contributed by atoms with Crippen LogP contribution < -0.4 is 5.32 Å². The lowest BCUT2D eigenvalue weighted by Gasteiger charge is -2.34. The lowest BCUT2D eigenvalue weighted by atomic mass is 9.90. The SMILES string of the molecule is Cc1cccc(C2(C(=O)N3CCC(C(=O)Nc4ccc(Br)cn4)CC3)CC2)c1. The van der Waals surface area contributed by atoms with E-state index in [-0.39, 0.29) is 23.1 Å². The van der Waals surface area contributed by atoms with Crippen LogP contribution in [0.4, 0.5) is 5.82 Å². The van der Waals surface area contributed by atoms with Gasteiger partial charge in [0.05, 0.1) is 5.41 Å². The Morgan fingerprint density at radius 1 is 1.18 bits per heavy atom. The van der Waals surface area contributed by atoms with Gasteiger partial charge in [-0.1, -0.05) is 29.8 Å². The molecule has 6 heteroatoms. The number of hydrogen-bond acceptors (Lipinski definition) is 3. The molecule has 1 aliphatic carbocycles. The Labute approximate surface area is 173 Å². The minimum atomic E-state index is -0.331. The van der Waals surface area contributed by atoms with Crippen molar-refractivity contribution in [2.45, 2.75) is 38.0 Å². The second kappa shape index (κ2) is 7.66. The summed E-state index contributed by atoms with van der Waals surface area (Å²) in [5, 5.41) is 2.88. The summed E-state index contributed by atoms with van der Waals surface area (Å²) < 4.78 is 0.875. The van der Waals surface area contributed by atoms with E-state index in [4.69, 9.17) is 0 Å². The molecule has 1 N–H and O–H groups in total. The standard InChI is InChI=1S/C22H24BrN3O2/c1-15-3-2-4-17(13-15)22(9-10-22)21(28)26-11-7-16(8-12-26)20(27)25-19-6-5-18(23)14-24-19/h2-6,13-14,16H,7-12H2,1H3,(H,24,25,27). The van der Waals surface area contributed by atoms with Crippen molar-refractivity contribution < 1.29 is 9.59 Å². The van der Waals surface area contributed by atoms with Crippen molar-refractivity contribution in [3.05, 3.63) is 58.2 Å². The van der Waals surface area contributed by atoms with Gasteiger partial charge < -0.3 is 10.2 Å². The van der Waals surface area contributed by atoms with Gasteiger partial charge in [-0.25, -0.2) is 4.98 Å². The van der Waals surface area contributed by atoms with E-state index < -0.39 is 0 Å². The Morgan fingerprint density at radius 3 is 2.54 bits per heavy atom. The number of amides is 2. The van der Waals surface area contributed by atoms with Gasteiger partial charge in [-0.05, 0) is 66.2 Å². The zero-order chi connectivity index (χ0) is 19.7. The third kappa shape index (κ3) is 3.83. The van der Waals surface area contributed by atoms with E-state index in [1.807, 2.05) is 17.0 Å².